The van der Waals surface area contributed by atoms with Gasteiger partial charge in [0, 0.05) is 15.5 Å². The minimum atomic E-state index is 0.183. The molecule has 0 spiro atoms. The van der Waals surface area contributed by atoms with Crippen molar-refractivity contribution in [3.8, 4) is 5.75 Å². The van der Waals surface area contributed by atoms with Gasteiger partial charge in [-0.15, -0.1) is 0 Å². The molecule has 0 radical (unpaired) electrons. The van der Waals surface area contributed by atoms with Crippen LogP contribution in [0.15, 0.2) is 59.2 Å². The summed E-state index contributed by atoms with van der Waals surface area (Å²) in [5.74, 6) is 0.183. The maximum atomic E-state index is 9.23. The Kier molecular flexibility index (Phi) is 3.56. The quantitative estimate of drug-likeness (QED) is 0.752. The minimum Gasteiger partial charge on any atom is -0.506 e. The topological polar surface area (TPSA) is 45.1 Å². The summed E-state index contributed by atoms with van der Waals surface area (Å²) in [7, 11) is 0. The number of nitrogens with zero attached hydrogens (tertiary/aromatic N) is 1. The number of hydrogen-bond donors (Lipinski definition) is 2. The van der Waals surface area contributed by atoms with Crippen molar-refractivity contribution >= 4 is 32.4 Å². The molecule has 0 amide bonds. The normalized spacial score (nSPS) is 10.7. The average molecular weight is 329 g/mol. The number of fused-ring (bicyclic) bond motifs is 1. The number of pyridine rings is 1. The Morgan fingerprint density at radius 2 is 1.80 bits per heavy atom. The highest BCUT2D eigenvalue weighted by molar-refractivity contribution is 9.10. The van der Waals surface area contributed by atoms with E-state index in [-0.39, 0.29) is 5.75 Å². The van der Waals surface area contributed by atoms with E-state index in [1.165, 1.54) is 17.0 Å². The second kappa shape index (κ2) is 5.51. The van der Waals surface area contributed by atoms with Gasteiger partial charge in [-0.25, -0.2) is 0 Å². The SMILES string of the molecule is Oc1ccc(CNc2ccc(Br)c3ccccc23)nc1. The van der Waals surface area contributed by atoms with E-state index in [1.54, 1.807) is 6.07 Å². The summed E-state index contributed by atoms with van der Waals surface area (Å²) in [6, 6.07) is 15.8. The molecule has 1 heterocycles. The van der Waals surface area contributed by atoms with Crippen molar-refractivity contribution in [3.63, 3.8) is 0 Å². The summed E-state index contributed by atoms with van der Waals surface area (Å²) in [4.78, 5) is 4.17. The van der Waals surface area contributed by atoms with Crippen LogP contribution in [-0.4, -0.2) is 10.1 Å². The molecule has 100 valence electrons. The standard InChI is InChI=1S/C16H13BrN2O/c17-15-7-8-16(14-4-2-1-3-13(14)15)19-9-11-5-6-12(20)10-18-11/h1-8,10,19-20H,9H2. The third-order valence-corrected chi connectivity index (χ3v) is 3.83. The minimum absolute atomic E-state index is 0.183. The van der Waals surface area contributed by atoms with E-state index in [9.17, 15) is 5.11 Å². The number of benzene rings is 2. The first-order chi connectivity index (χ1) is 9.74. The van der Waals surface area contributed by atoms with Gasteiger partial charge in [-0.2, -0.15) is 0 Å². The molecular formula is C16H13BrN2O. The summed E-state index contributed by atoms with van der Waals surface area (Å²) in [5.41, 5.74) is 1.95. The van der Waals surface area contributed by atoms with Crippen molar-refractivity contribution in [2.75, 3.05) is 5.32 Å². The number of aromatic hydroxyl groups is 1. The smallest absolute Gasteiger partial charge is 0.133 e. The molecule has 0 atom stereocenters. The zero-order chi connectivity index (χ0) is 13.9. The van der Waals surface area contributed by atoms with Crippen molar-refractivity contribution in [2.24, 2.45) is 0 Å². The maximum absolute atomic E-state index is 9.23. The highest BCUT2D eigenvalue weighted by Crippen LogP contribution is 2.30. The lowest BCUT2D eigenvalue weighted by atomic mass is 10.1. The zero-order valence-corrected chi connectivity index (χ0v) is 12.3. The van der Waals surface area contributed by atoms with Crippen LogP contribution in [0.2, 0.25) is 0 Å². The summed E-state index contributed by atoms with van der Waals surface area (Å²) in [6.45, 7) is 0.617. The number of nitrogens with one attached hydrogen (secondary N) is 1. The summed E-state index contributed by atoms with van der Waals surface area (Å²) in [5, 5.41) is 15.0. The highest BCUT2D eigenvalue weighted by atomic mass is 79.9. The molecule has 0 bridgehead atoms. The van der Waals surface area contributed by atoms with Crippen LogP contribution in [0.5, 0.6) is 5.75 Å². The van der Waals surface area contributed by atoms with Crippen LogP contribution in [0.1, 0.15) is 5.69 Å². The molecule has 0 saturated heterocycles. The van der Waals surface area contributed by atoms with Crippen LogP contribution in [0.25, 0.3) is 10.8 Å². The van der Waals surface area contributed by atoms with Crippen molar-refractivity contribution in [1.82, 2.24) is 4.98 Å². The van der Waals surface area contributed by atoms with Crippen molar-refractivity contribution < 1.29 is 5.11 Å². The van der Waals surface area contributed by atoms with Gasteiger partial charge in [0.25, 0.3) is 0 Å². The molecule has 2 aromatic carbocycles. The molecule has 1 aromatic heterocycles. The largest absolute Gasteiger partial charge is 0.506 e. The first-order valence-electron chi connectivity index (χ1n) is 6.29. The van der Waals surface area contributed by atoms with Gasteiger partial charge in [-0.05, 0) is 29.7 Å². The second-order valence-electron chi connectivity index (χ2n) is 4.50. The van der Waals surface area contributed by atoms with Gasteiger partial charge in [0.05, 0.1) is 18.4 Å². The summed E-state index contributed by atoms with van der Waals surface area (Å²) >= 11 is 3.57. The Labute approximate surface area is 125 Å². The van der Waals surface area contributed by atoms with Gasteiger partial charge in [0.15, 0.2) is 0 Å². The van der Waals surface area contributed by atoms with Crippen molar-refractivity contribution in [1.29, 1.82) is 0 Å². The first kappa shape index (κ1) is 12.9. The molecule has 0 aliphatic heterocycles. The fourth-order valence-electron chi connectivity index (χ4n) is 2.12. The van der Waals surface area contributed by atoms with Gasteiger partial charge in [0.2, 0.25) is 0 Å². The van der Waals surface area contributed by atoms with Gasteiger partial charge < -0.3 is 10.4 Å². The average Bonchev–Trinajstić information content (AvgIpc) is 2.49. The number of hydrogen-bond acceptors (Lipinski definition) is 3. The molecule has 0 aliphatic rings. The van der Waals surface area contributed by atoms with E-state index in [0.717, 1.165) is 15.9 Å². The van der Waals surface area contributed by atoms with E-state index in [0.29, 0.717) is 6.54 Å². The number of halogens is 1. The lowest BCUT2D eigenvalue weighted by Gasteiger charge is -2.10. The molecule has 4 heteroatoms. The molecule has 0 aliphatic carbocycles. The molecule has 2 N–H and O–H groups in total. The Morgan fingerprint density at radius 1 is 1.00 bits per heavy atom. The molecular weight excluding hydrogens is 316 g/mol. The highest BCUT2D eigenvalue weighted by Gasteiger charge is 2.04. The van der Waals surface area contributed by atoms with Crippen LogP contribution in [0.3, 0.4) is 0 Å². The first-order valence-corrected chi connectivity index (χ1v) is 7.08. The number of aromatic nitrogens is 1. The van der Waals surface area contributed by atoms with Crippen LogP contribution in [0, 0.1) is 0 Å². The molecule has 3 nitrogen and oxygen atoms in total. The van der Waals surface area contributed by atoms with E-state index >= 15 is 0 Å². The fourth-order valence-corrected chi connectivity index (χ4v) is 2.60. The Balaban J connectivity index is 1.88. The van der Waals surface area contributed by atoms with Gasteiger partial charge in [-0.3, -0.25) is 4.98 Å². The zero-order valence-electron chi connectivity index (χ0n) is 10.7. The van der Waals surface area contributed by atoms with Gasteiger partial charge >= 0.3 is 0 Å². The number of rotatable bonds is 3. The lowest BCUT2D eigenvalue weighted by Crippen LogP contribution is -2.01. The molecule has 0 unspecified atom stereocenters. The molecule has 3 aromatic rings. The van der Waals surface area contributed by atoms with Crippen molar-refractivity contribution in [2.45, 2.75) is 6.54 Å². The Hall–Kier alpha value is -2.07. The molecule has 0 saturated carbocycles. The van der Waals surface area contributed by atoms with Crippen LogP contribution >= 0.6 is 15.9 Å². The summed E-state index contributed by atoms with van der Waals surface area (Å²) < 4.78 is 1.08. The van der Waals surface area contributed by atoms with E-state index in [1.807, 2.05) is 30.3 Å². The molecule has 0 fully saturated rings. The number of anilines is 1. The monoisotopic (exact) mass is 328 g/mol. The predicted molar refractivity (Wildman–Crippen MR) is 84.9 cm³/mol. The van der Waals surface area contributed by atoms with Crippen LogP contribution < -0.4 is 5.32 Å². The molecule has 20 heavy (non-hydrogen) atoms. The van der Waals surface area contributed by atoms with Crippen LogP contribution in [-0.2, 0) is 6.54 Å². The fraction of sp³-hybridized carbons (Fsp3) is 0.0625. The predicted octanol–water partition coefficient (Wildman–Crippen LogP) is 4.32. The van der Waals surface area contributed by atoms with Gasteiger partial charge in [-0.1, -0.05) is 40.2 Å². The molecule has 3 rings (SSSR count). The third-order valence-electron chi connectivity index (χ3n) is 3.14. The Morgan fingerprint density at radius 3 is 2.55 bits per heavy atom. The van der Waals surface area contributed by atoms with Crippen molar-refractivity contribution in [3.05, 3.63) is 64.9 Å². The Bertz CT molecular complexity index is 741. The van der Waals surface area contributed by atoms with E-state index < -0.39 is 0 Å². The lowest BCUT2D eigenvalue weighted by molar-refractivity contribution is 0.472. The maximum Gasteiger partial charge on any atom is 0.133 e. The van der Waals surface area contributed by atoms with Crippen LogP contribution in [0.4, 0.5) is 5.69 Å². The van der Waals surface area contributed by atoms with E-state index in [4.69, 9.17) is 0 Å². The summed E-state index contributed by atoms with van der Waals surface area (Å²) in [6.07, 6.45) is 1.46. The third kappa shape index (κ3) is 2.60. The van der Waals surface area contributed by atoms with Gasteiger partial charge in [0.1, 0.15) is 5.75 Å². The second-order valence-corrected chi connectivity index (χ2v) is 5.36. The van der Waals surface area contributed by atoms with E-state index in [2.05, 4.69) is 38.4 Å².